The maximum Gasteiger partial charge on any atom is 0.145 e. The molecule has 0 aliphatic heterocycles. The van der Waals surface area contributed by atoms with Crippen molar-refractivity contribution in [2.24, 2.45) is 0 Å². The first-order chi connectivity index (χ1) is 8.61. The van der Waals surface area contributed by atoms with Crippen molar-refractivity contribution in [2.75, 3.05) is 0 Å². The molecule has 0 unspecified atom stereocenters. The fraction of sp³-hybridized carbons (Fsp3) is 0.0769. The van der Waals surface area contributed by atoms with Gasteiger partial charge in [-0.2, -0.15) is 0 Å². The van der Waals surface area contributed by atoms with Gasteiger partial charge < -0.3 is 9.84 Å². The monoisotopic (exact) mass is 286 g/mol. The highest BCUT2D eigenvalue weighted by atomic mass is 35.5. The van der Waals surface area contributed by atoms with Gasteiger partial charge in [0.15, 0.2) is 0 Å². The van der Waals surface area contributed by atoms with Gasteiger partial charge in [0.05, 0.1) is 11.6 Å². The van der Waals surface area contributed by atoms with Crippen molar-refractivity contribution in [3.05, 3.63) is 57.8 Å². The molecule has 5 heteroatoms. The molecule has 0 saturated heterocycles. The molecule has 0 spiro atoms. The summed E-state index contributed by atoms with van der Waals surface area (Å²) < 4.78 is 18.7. The molecular weight excluding hydrogens is 278 g/mol. The van der Waals surface area contributed by atoms with E-state index in [9.17, 15) is 9.50 Å². The van der Waals surface area contributed by atoms with Crippen LogP contribution in [0.5, 0.6) is 11.5 Å². The van der Waals surface area contributed by atoms with E-state index in [1.54, 1.807) is 18.2 Å². The number of hydrogen-bond donors (Lipinski definition) is 1. The zero-order valence-electron chi connectivity index (χ0n) is 9.16. The van der Waals surface area contributed by atoms with Gasteiger partial charge in [-0.15, -0.1) is 0 Å². The van der Waals surface area contributed by atoms with E-state index >= 15 is 0 Å². The summed E-state index contributed by atoms with van der Waals surface area (Å²) >= 11 is 11.5. The van der Waals surface area contributed by atoms with Crippen LogP contribution in [0, 0.1) is 5.82 Å². The third kappa shape index (κ3) is 2.75. The first kappa shape index (κ1) is 13.1. The molecule has 0 amide bonds. The number of aliphatic hydroxyl groups is 1. The molecule has 0 bridgehead atoms. The van der Waals surface area contributed by atoms with Crippen LogP contribution in [-0.2, 0) is 6.61 Å². The summed E-state index contributed by atoms with van der Waals surface area (Å²) in [6.45, 7) is -0.259. The molecule has 0 aliphatic carbocycles. The second kappa shape index (κ2) is 5.57. The lowest BCUT2D eigenvalue weighted by molar-refractivity contribution is 0.276. The molecule has 2 aromatic rings. The third-order valence-corrected chi connectivity index (χ3v) is 3.01. The van der Waals surface area contributed by atoms with Crippen molar-refractivity contribution in [3.63, 3.8) is 0 Å². The summed E-state index contributed by atoms with van der Waals surface area (Å²) in [6, 6.07) is 9.07. The Morgan fingerprint density at radius 1 is 1.11 bits per heavy atom. The fourth-order valence-electron chi connectivity index (χ4n) is 1.46. The lowest BCUT2D eigenvalue weighted by atomic mass is 10.2. The minimum absolute atomic E-state index is 0.0239. The Morgan fingerprint density at radius 3 is 2.56 bits per heavy atom. The van der Waals surface area contributed by atoms with Crippen molar-refractivity contribution in [1.82, 2.24) is 0 Å². The second-order valence-corrected chi connectivity index (χ2v) is 4.37. The van der Waals surface area contributed by atoms with Crippen molar-refractivity contribution in [1.29, 1.82) is 0 Å². The maximum atomic E-state index is 13.3. The van der Waals surface area contributed by atoms with Crippen molar-refractivity contribution < 1.29 is 14.2 Å². The molecule has 2 nitrogen and oxygen atoms in total. The van der Waals surface area contributed by atoms with E-state index < -0.39 is 5.82 Å². The smallest absolute Gasteiger partial charge is 0.145 e. The zero-order chi connectivity index (χ0) is 13.1. The summed E-state index contributed by atoms with van der Waals surface area (Å²) in [5.41, 5.74) is 0.453. The minimum atomic E-state index is -0.568. The van der Waals surface area contributed by atoms with E-state index in [-0.39, 0.29) is 17.4 Å². The maximum absolute atomic E-state index is 13.3. The molecule has 1 N–H and O–H groups in total. The van der Waals surface area contributed by atoms with Gasteiger partial charge in [-0.05, 0) is 24.3 Å². The Kier molecular flexibility index (Phi) is 4.07. The van der Waals surface area contributed by atoms with E-state index in [0.29, 0.717) is 16.3 Å². The summed E-state index contributed by atoms with van der Waals surface area (Å²) in [7, 11) is 0. The molecule has 0 aliphatic rings. The molecule has 0 atom stereocenters. The Bertz CT molecular complexity index is 573. The molecule has 0 radical (unpaired) electrons. The number of benzene rings is 2. The summed E-state index contributed by atoms with van der Waals surface area (Å²) in [5.74, 6) is 0.0994. The Morgan fingerprint density at radius 2 is 1.89 bits per heavy atom. The third-order valence-electron chi connectivity index (χ3n) is 2.35. The van der Waals surface area contributed by atoms with Crippen LogP contribution >= 0.6 is 23.2 Å². The van der Waals surface area contributed by atoms with Crippen molar-refractivity contribution >= 4 is 23.2 Å². The van der Waals surface area contributed by atoms with Crippen LogP contribution in [0.25, 0.3) is 0 Å². The Hall–Kier alpha value is -1.29. The highest BCUT2D eigenvalue weighted by Crippen LogP contribution is 2.31. The van der Waals surface area contributed by atoms with Gasteiger partial charge in [-0.25, -0.2) is 4.39 Å². The van der Waals surface area contributed by atoms with E-state index in [2.05, 4.69) is 0 Å². The first-order valence-corrected chi connectivity index (χ1v) is 5.88. The molecule has 0 saturated carbocycles. The number of rotatable bonds is 3. The Labute approximate surface area is 114 Å². The largest absolute Gasteiger partial charge is 0.457 e. The second-order valence-electron chi connectivity index (χ2n) is 3.55. The van der Waals surface area contributed by atoms with Gasteiger partial charge in [0, 0.05) is 16.7 Å². The molecule has 2 rings (SSSR count). The lowest BCUT2D eigenvalue weighted by Gasteiger charge is -2.11. The quantitative estimate of drug-likeness (QED) is 0.905. The molecular formula is C13H9Cl2FO2. The molecule has 0 aromatic heterocycles. The summed E-state index contributed by atoms with van der Waals surface area (Å²) in [5, 5.41) is 9.63. The number of aliphatic hydroxyl groups excluding tert-OH is 1. The van der Waals surface area contributed by atoms with Gasteiger partial charge in [0.25, 0.3) is 0 Å². The summed E-state index contributed by atoms with van der Waals surface area (Å²) in [6.07, 6.45) is 0. The highest BCUT2D eigenvalue weighted by Gasteiger charge is 2.09. The van der Waals surface area contributed by atoms with Crippen LogP contribution in [0.3, 0.4) is 0 Å². The number of ether oxygens (including phenoxy) is 1. The topological polar surface area (TPSA) is 29.5 Å². The van der Waals surface area contributed by atoms with Crippen LogP contribution in [0.1, 0.15) is 5.56 Å². The van der Waals surface area contributed by atoms with Gasteiger partial charge >= 0.3 is 0 Å². The normalized spacial score (nSPS) is 10.4. The minimum Gasteiger partial charge on any atom is -0.457 e. The van der Waals surface area contributed by atoms with E-state index in [1.807, 2.05) is 0 Å². The molecule has 94 valence electrons. The van der Waals surface area contributed by atoms with Gasteiger partial charge in [-0.3, -0.25) is 0 Å². The average molecular weight is 287 g/mol. The van der Waals surface area contributed by atoms with Crippen LogP contribution < -0.4 is 4.74 Å². The van der Waals surface area contributed by atoms with E-state index in [4.69, 9.17) is 27.9 Å². The molecule has 0 fully saturated rings. The van der Waals surface area contributed by atoms with E-state index in [1.165, 1.54) is 18.2 Å². The van der Waals surface area contributed by atoms with Crippen LogP contribution in [0.4, 0.5) is 4.39 Å². The van der Waals surface area contributed by atoms with Gasteiger partial charge in [0.1, 0.15) is 17.3 Å². The molecule has 0 heterocycles. The highest BCUT2D eigenvalue weighted by molar-refractivity contribution is 6.31. The lowest BCUT2D eigenvalue weighted by Crippen LogP contribution is -1.93. The molecule has 18 heavy (non-hydrogen) atoms. The predicted molar refractivity (Wildman–Crippen MR) is 68.9 cm³/mol. The van der Waals surface area contributed by atoms with Crippen molar-refractivity contribution in [2.45, 2.75) is 6.61 Å². The number of halogens is 3. The fourth-order valence-corrected chi connectivity index (χ4v) is 1.80. The van der Waals surface area contributed by atoms with Crippen LogP contribution in [0.15, 0.2) is 36.4 Å². The summed E-state index contributed by atoms with van der Waals surface area (Å²) in [4.78, 5) is 0. The SMILES string of the molecule is OCc1c(Cl)cccc1Oc1ccc(Cl)c(F)c1. The van der Waals surface area contributed by atoms with E-state index in [0.717, 1.165) is 0 Å². The average Bonchev–Trinajstić information content (AvgIpc) is 2.34. The van der Waals surface area contributed by atoms with Gasteiger partial charge in [0.2, 0.25) is 0 Å². The number of hydrogen-bond acceptors (Lipinski definition) is 2. The van der Waals surface area contributed by atoms with Crippen LogP contribution in [0.2, 0.25) is 10.0 Å². The first-order valence-electron chi connectivity index (χ1n) is 5.13. The van der Waals surface area contributed by atoms with Crippen molar-refractivity contribution in [3.8, 4) is 11.5 Å². The van der Waals surface area contributed by atoms with Crippen LogP contribution in [-0.4, -0.2) is 5.11 Å². The standard InChI is InChI=1S/C13H9Cl2FO2/c14-10-2-1-3-13(9(10)7-17)18-8-4-5-11(15)12(16)6-8/h1-6,17H,7H2. The molecule has 2 aromatic carbocycles. The zero-order valence-corrected chi connectivity index (χ0v) is 10.7. The van der Waals surface area contributed by atoms with Gasteiger partial charge in [-0.1, -0.05) is 29.3 Å². The Balaban J connectivity index is 2.34. The predicted octanol–water partition coefficient (Wildman–Crippen LogP) is 4.42.